The largest absolute Gasteiger partial charge is 0.355 e. The molecule has 7 heteroatoms. The predicted molar refractivity (Wildman–Crippen MR) is 91.3 cm³/mol. The van der Waals surface area contributed by atoms with Crippen molar-refractivity contribution in [3.8, 4) is 0 Å². The van der Waals surface area contributed by atoms with Crippen LogP contribution >= 0.6 is 23.2 Å². The highest BCUT2D eigenvalue weighted by Crippen LogP contribution is 2.23. The summed E-state index contributed by atoms with van der Waals surface area (Å²) < 4.78 is 0. The highest BCUT2D eigenvalue weighted by atomic mass is 35.5. The van der Waals surface area contributed by atoms with Crippen molar-refractivity contribution in [2.75, 3.05) is 19.6 Å². The van der Waals surface area contributed by atoms with Crippen LogP contribution in [-0.2, 0) is 16.0 Å². The van der Waals surface area contributed by atoms with E-state index in [1.165, 1.54) is 4.90 Å². The first kappa shape index (κ1) is 17.8. The molecule has 0 bridgehead atoms. The van der Waals surface area contributed by atoms with Crippen molar-refractivity contribution in [2.45, 2.75) is 19.8 Å². The van der Waals surface area contributed by atoms with Crippen LogP contribution in [0.4, 0.5) is 0 Å². The minimum atomic E-state index is -0.660. The van der Waals surface area contributed by atoms with E-state index in [1.54, 1.807) is 6.07 Å². The van der Waals surface area contributed by atoms with Crippen molar-refractivity contribution in [1.82, 2.24) is 10.2 Å². The molecular weight excluding hydrogens is 337 g/mol. The van der Waals surface area contributed by atoms with E-state index in [9.17, 15) is 9.59 Å². The first-order valence-electron chi connectivity index (χ1n) is 7.53. The normalized spacial score (nSPS) is 17.7. The Morgan fingerprint density at radius 3 is 2.74 bits per heavy atom. The van der Waals surface area contributed by atoms with Crippen molar-refractivity contribution in [1.29, 1.82) is 5.41 Å². The summed E-state index contributed by atoms with van der Waals surface area (Å²) in [6.07, 6.45) is 1.51. The Hall–Kier alpha value is -1.59. The molecule has 5 nitrogen and oxygen atoms in total. The van der Waals surface area contributed by atoms with Crippen LogP contribution < -0.4 is 5.32 Å². The fourth-order valence-electron chi connectivity index (χ4n) is 2.52. The van der Waals surface area contributed by atoms with E-state index in [1.807, 2.05) is 19.1 Å². The third-order valence-corrected chi connectivity index (χ3v) is 4.63. The molecule has 1 fully saturated rings. The molecule has 1 aromatic rings. The number of rotatable bonds is 6. The highest BCUT2D eigenvalue weighted by Gasteiger charge is 2.38. The van der Waals surface area contributed by atoms with E-state index in [-0.39, 0.29) is 17.5 Å². The molecule has 23 heavy (non-hydrogen) atoms. The molecule has 124 valence electrons. The van der Waals surface area contributed by atoms with Gasteiger partial charge >= 0.3 is 0 Å². The molecule has 1 aliphatic rings. The minimum Gasteiger partial charge on any atom is -0.355 e. The average molecular weight is 356 g/mol. The molecule has 2 rings (SSSR count). The van der Waals surface area contributed by atoms with Crippen LogP contribution in [0.15, 0.2) is 18.2 Å². The number of carbonyl (C=O) groups is 2. The lowest BCUT2D eigenvalue weighted by molar-refractivity contribution is -0.123. The van der Waals surface area contributed by atoms with E-state index in [0.29, 0.717) is 29.7 Å². The van der Waals surface area contributed by atoms with Gasteiger partial charge in [0.1, 0.15) is 11.6 Å². The lowest BCUT2D eigenvalue weighted by atomic mass is 10.1. The number of nitrogens with zero attached hydrogens (tertiary/aromatic N) is 1. The van der Waals surface area contributed by atoms with Crippen LogP contribution in [0.3, 0.4) is 0 Å². The summed E-state index contributed by atoms with van der Waals surface area (Å²) in [6.45, 7) is 3.14. The predicted octanol–water partition coefficient (Wildman–Crippen LogP) is 2.54. The third kappa shape index (κ3) is 4.24. The molecule has 1 saturated heterocycles. The van der Waals surface area contributed by atoms with Gasteiger partial charge in [-0.05, 0) is 37.5 Å². The van der Waals surface area contributed by atoms with Gasteiger partial charge in [-0.15, -0.1) is 0 Å². The standard InChI is InChI=1S/C16H19Cl2N3O2/c1-2-21-9-11(14(19)16(21)23)15(22)20-7-3-4-10-5-6-12(17)13(18)8-10/h5-6,8,11,19H,2-4,7,9H2,1H3,(H,20,22). The van der Waals surface area contributed by atoms with Gasteiger partial charge < -0.3 is 10.2 Å². The summed E-state index contributed by atoms with van der Waals surface area (Å²) in [6, 6.07) is 5.47. The molecule has 2 amide bonds. The van der Waals surface area contributed by atoms with Crippen LogP contribution in [0.25, 0.3) is 0 Å². The molecule has 1 aromatic carbocycles. The van der Waals surface area contributed by atoms with Gasteiger partial charge in [-0.25, -0.2) is 0 Å². The van der Waals surface area contributed by atoms with Crippen LogP contribution in [0.1, 0.15) is 18.9 Å². The van der Waals surface area contributed by atoms with Crippen LogP contribution in [-0.4, -0.2) is 42.1 Å². The molecule has 0 saturated carbocycles. The second kappa shape index (κ2) is 7.79. The van der Waals surface area contributed by atoms with Gasteiger partial charge in [0, 0.05) is 19.6 Å². The van der Waals surface area contributed by atoms with E-state index in [2.05, 4.69) is 5.32 Å². The summed E-state index contributed by atoms with van der Waals surface area (Å²) in [4.78, 5) is 25.3. The minimum absolute atomic E-state index is 0.117. The highest BCUT2D eigenvalue weighted by molar-refractivity contribution is 6.43. The molecule has 1 unspecified atom stereocenters. The van der Waals surface area contributed by atoms with Crippen LogP contribution in [0.2, 0.25) is 10.0 Å². The Morgan fingerprint density at radius 1 is 1.39 bits per heavy atom. The monoisotopic (exact) mass is 355 g/mol. The number of nitrogens with one attached hydrogen (secondary N) is 2. The lowest BCUT2D eigenvalue weighted by Gasteiger charge is -2.12. The van der Waals surface area contributed by atoms with Crippen molar-refractivity contribution in [2.24, 2.45) is 5.92 Å². The lowest BCUT2D eigenvalue weighted by Crippen LogP contribution is -2.36. The number of amides is 2. The zero-order chi connectivity index (χ0) is 17.0. The van der Waals surface area contributed by atoms with E-state index in [4.69, 9.17) is 28.6 Å². The van der Waals surface area contributed by atoms with Crippen molar-refractivity contribution >= 4 is 40.7 Å². The number of hydrogen-bond acceptors (Lipinski definition) is 3. The second-order valence-corrected chi connectivity index (χ2v) is 6.27. The number of likely N-dealkylation sites (tertiary alicyclic amines) is 1. The summed E-state index contributed by atoms with van der Waals surface area (Å²) in [5, 5.41) is 11.6. The molecule has 1 aliphatic heterocycles. The topological polar surface area (TPSA) is 73.3 Å². The first-order chi connectivity index (χ1) is 10.9. The molecule has 1 atom stereocenters. The van der Waals surface area contributed by atoms with Gasteiger partial charge in [0.25, 0.3) is 5.91 Å². The SMILES string of the molecule is CCN1CC(C(=O)NCCCc2ccc(Cl)c(Cl)c2)C(=N)C1=O. The Kier molecular flexibility index (Phi) is 6.02. The van der Waals surface area contributed by atoms with Gasteiger partial charge in [0.05, 0.1) is 10.0 Å². The zero-order valence-electron chi connectivity index (χ0n) is 12.9. The molecule has 1 heterocycles. The van der Waals surface area contributed by atoms with E-state index < -0.39 is 5.92 Å². The maximum absolute atomic E-state index is 12.1. The van der Waals surface area contributed by atoms with Crippen LogP contribution in [0, 0.1) is 11.3 Å². The Balaban J connectivity index is 1.78. The molecule has 2 N–H and O–H groups in total. The maximum Gasteiger partial charge on any atom is 0.268 e. The van der Waals surface area contributed by atoms with Gasteiger partial charge in [-0.1, -0.05) is 29.3 Å². The Morgan fingerprint density at radius 2 is 2.13 bits per heavy atom. The molecular formula is C16H19Cl2N3O2. The fourth-order valence-corrected chi connectivity index (χ4v) is 2.84. The molecule has 0 aromatic heterocycles. The second-order valence-electron chi connectivity index (χ2n) is 5.45. The Labute approximate surface area is 145 Å². The molecule has 0 radical (unpaired) electrons. The third-order valence-electron chi connectivity index (χ3n) is 3.89. The van der Waals surface area contributed by atoms with Crippen molar-refractivity contribution in [3.05, 3.63) is 33.8 Å². The fraction of sp³-hybridized carbons (Fsp3) is 0.438. The van der Waals surface area contributed by atoms with Gasteiger partial charge in [-0.2, -0.15) is 0 Å². The Bertz CT molecular complexity index is 634. The number of hydrogen-bond donors (Lipinski definition) is 2. The maximum atomic E-state index is 12.1. The average Bonchev–Trinajstić information content (AvgIpc) is 2.82. The van der Waals surface area contributed by atoms with Gasteiger partial charge in [0.2, 0.25) is 5.91 Å². The molecule has 0 spiro atoms. The molecule has 0 aliphatic carbocycles. The number of aryl methyl sites for hydroxylation is 1. The van der Waals surface area contributed by atoms with Crippen molar-refractivity contribution in [3.63, 3.8) is 0 Å². The number of halogens is 2. The zero-order valence-corrected chi connectivity index (χ0v) is 14.4. The van der Waals surface area contributed by atoms with Crippen LogP contribution in [0.5, 0.6) is 0 Å². The number of benzene rings is 1. The summed E-state index contributed by atoms with van der Waals surface area (Å²) in [5.74, 6) is -1.26. The van der Waals surface area contributed by atoms with Gasteiger partial charge in [-0.3, -0.25) is 15.0 Å². The summed E-state index contributed by atoms with van der Waals surface area (Å²) in [5.41, 5.74) is 0.934. The summed E-state index contributed by atoms with van der Waals surface area (Å²) in [7, 11) is 0. The van der Waals surface area contributed by atoms with E-state index in [0.717, 1.165) is 18.4 Å². The smallest absolute Gasteiger partial charge is 0.268 e. The quantitative estimate of drug-likeness (QED) is 0.769. The van der Waals surface area contributed by atoms with Gasteiger partial charge in [0.15, 0.2) is 0 Å². The summed E-state index contributed by atoms with van der Waals surface area (Å²) >= 11 is 11.8. The first-order valence-corrected chi connectivity index (χ1v) is 8.29. The van der Waals surface area contributed by atoms with Crippen molar-refractivity contribution < 1.29 is 9.59 Å². The van der Waals surface area contributed by atoms with E-state index >= 15 is 0 Å². The number of carbonyl (C=O) groups excluding carboxylic acids is 2.